The maximum absolute atomic E-state index is 12.7. The summed E-state index contributed by atoms with van der Waals surface area (Å²) in [7, 11) is 1.65. The van der Waals surface area contributed by atoms with E-state index in [1.165, 1.54) is 4.90 Å². The summed E-state index contributed by atoms with van der Waals surface area (Å²) in [5.41, 5.74) is 1.75. The van der Waals surface area contributed by atoms with E-state index in [1.807, 2.05) is 61.5 Å². The summed E-state index contributed by atoms with van der Waals surface area (Å²) in [4.78, 5) is 30.8. The fourth-order valence-electron chi connectivity index (χ4n) is 3.34. The second-order valence-electron chi connectivity index (χ2n) is 6.34. The molecule has 0 N–H and O–H groups in total. The molecular weight excluding hydrogens is 342 g/mol. The highest BCUT2D eigenvalue weighted by molar-refractivity contribution is 6.40. The van der Waals surface area contributed by atoms with Crippen molar-refractivity contribution < 1.29 is 14.3 Å². The summed E-state index contributed by atoms with van der Waals surface area (Å²) in [6, 6.07) is 17.1. The number of likely N-dealkylation sites (N-methyl/N-ethyl adjacent to an activating group) is 1. The van der Waals surface area contributed by atoms with E-state index in [0.29, 0.717) is 32.7 Å². The fourth-order valence-corrected chi connectivity index (χ4v) is 3.34. The lowest BCUT2D eigenvalue weighted by molar-refractivity contribution is -0.144. The number of hydrogen-bond acceptors (Lipinski definition) is 4. The molecule has 1 aliphatic rings. The van der Waals surface area contributed by atoms with Crippen LogP contribution in [0.3, 0.4) is 0 Å². The first-order valence-corrected chi connectivity index (χ1v) is 9.19. The Morgan fingerprint density at radius 2 is 1.59 bits per heavy atom. The molecule has 0 bridgehead atoms. The van der Waals surface area contributed by atoms with Gasteiger partial charge >= 0.3 is 11.8 Å². The van der Waals surface area contributed by atoms with Crippen LogP contribution in [0.2, 0.25) is 0 Å². The monoisotopic (exact) mass is 367 g/mol. The van der Waals surface area contributed by atoms with Crippen molar-refractivity contribution in [1.29, 1.82) is 0 Å². The number of para-hydroxylation sites is 3. The minimum Gasteiger partial charge on any atom is -0.495 e. The van der Waals surface area contributed by atoms with Crippen molar-refractivity contribution in [2.75, 3.05) is 49.6 Å². The minimum absolute atomic E-state index is 0.444. The predicted octanol–water partition coefficient (Wildman–Crippen LogP) is 2.40. The molecule has 6 heteroatoms. The molecule has 0 aliphatic carbocycles. The van der Waals surface area contributed by atoms with Crippen molar-refractivity contribution in [1.82, 2.24) is 4.90 Å². The van der Waals surface area contributed by atoms with Gasteiger partial charge in [0.25, 0.3) is 0 Å². The number of amides is 2. The molecular formula is C21H25N3O3. The number of benzene rings is 2. The Kier molecular flexibility index (Phi) is 5.96. The number of carbonyl (C=O) groups is 2. The zero-order chi connectivity index (χ0) is 19.2. The number of anilines is 2. The standard InChI is InChI=1S/C21H25N3O3/c1-3-24(17-9-5-4-6-10-17)21(26)20(25)23-15-13-22(14-16-23)18-11-7-8-12-19(18)27-2/h4-12H,3,13-16H2,1-2H3. The van der Waals surface area contributed by atoms with Crippen LogP contribution >= 0.6 is 0 Å². The number of methoxy groups -OCH3 is 1. The first kappa shape index (κ1) is 18.8. The Morgan fingerprint density at radius 1 is 0.963 bits per heavy atom. The van der Waals surface area contributed by atoms with Crippen LogP contribution in [-0.2, 0) is 9.59 Å². The molecule has 2 amide bonds. The van der Waals surface area contributed by atoms with Crippen LogP contribution in [-0.4, -0.2) is 56.5 Å². The van der Waals surface area contributed by atoms with E-state index in [-0.39, 0.29) is 0 Å². The summed E-state index contributed by atoms with van der Waals surface area (Å²) in [6.45, 7) is 4.67. The van der Waals surface area contributed by atoms with E-state index in [0.717, 1.165) is 17.1 Å². The highest BCUT2D eigenvalue weighted by Crippen LogP contribution is 2.28. The normalized spacial score (nSPS) is 14.0. The van der Waals surface area contributed by atoms with Gasteiger partial charge in [0.15, 0.2) is 0 Å². The number of piperazine rings is 1. The molecule has 2 aromatic carbocycles. The van der Waals surface area contributed by atoms with Crippen molar-refractivity contribution in [2.24, 2.45) is 0 Å². The first-order valence-electron chi connectivity index (χ1n) is 9.19. The van der Waals surface area contributed by atoms with Gasteiger partial charge in [0.05, 0.1) is 12.8 Å². The van der Waals surface area contributed by atoms with Gasteiger partial charge in [-0.2, -0.15) is 0 Å². The van der Waals surface area contributed by atoms with Gasteiger partial charge in [-0.05, 0) is 31.2 Å². The SMILES string of the molecule is CCN(C(=O)C(=O)N1CCN(c2ccccc2OC)CC1)c1ccccc1. The third-order valence-corrected chi connectivity index (χ3v) is 4.80. The van der Waals surface area contributed by atoms with Crippen LogP contribution in [0.15, 0.2) is 54.6 Å². The van der Waals surface area contributed by atoms with Gasteiger partial charge in [0.2, 0.25) is 0 Å². The lowest BCUT2D eigenvalue weighted by Crippen LogP contribution is -2.53. The highest BCUT2D eigenvalue weighted by Gasteiger charge is 2.30. The summed E-state index contributed by atoms with van der Waals surface area (Å²) in [6.07, 6.45) is 0. The van der Waals surface area contributed by atoms with Crippen LogP contribution in [0.5, 0.6) is 5.75 Å². The molecule has 0 unspecified atom stereocenters. The van der Waals surface area contributed by atoms with Crippen molar-refractivity contribution in [3.05, 3.63) is 54.6 Å². The van der Waals surface area contributed by atoms with E-state index in [2.05, 4.69) is 4.90 Å². The Bertz CT molecular complexity index is 786. The van der Waals surface area contributed by atoms with Gasteiger partial charge in [-0.3, -0.25) is 9.59 Å². The molecule has 0 atom stereocenters. The van der Waals surface area contributed by atoms with Crippen molar-refractivity contribution in [3.8, 4) is 5.75 Å². The number of rotatable bonds is 4. The highest BCUT2D eigenvalue weighted by atomic mass is 16.5. The average molecular weight is 367 g/mol. The Balaban J connectivity index is 1.65. The molecule has 3 rings (SSSR count). The average Bonchev–Trinajstić information content (AvgIpc) is 2.74. The maximum atomic E-state index is 12.7. The Morgan fingerprint density at radius 3 is 2.22 bits per heavy atom. The van der Waals surface area contributed by atoms with Crippen molar-refractivity contribution in [3.63, 3.8) is 0 Å². The molecule has 6 nitrogen and oxygen atoms in total. The molecule has 1 heterocycles. The van der Waals surface area contributed by atoms with E-state index >= 15 is 0 Å². The summed E-state index contributed by atoms with van der Waals surface area (Å²) in [5.74, 6) is -0.107. The predicted molar refractivity (Wildman–Crippen MR) is 106 cm³/mol. The third kappa shape index (κ3) is 4.05. The molecule has 2 aromatic rings. The topological polar surface area (TPSA) is 53.1 Å². The van der Waals surface area contributed by atoms with Gasteiger partial charge in [0.1, 0.15) is 5.75 Å². The lowest BCUT2D eigenvalue weighted by Gasteiger charge is -2.37. The zero-order valence-corrected chi connectivity index (χ0v) is 15.8. The lowest BCUT2D eigenvalue weighted by atomic mass is 10.2. The third-order valence-electron chi connectivity index (χ3n) is 4.80. The quantitative estimate of drug-likeness (QED) is 0.779. The maximum Gasteiger partial charge on any atom is 0.316 e. The number of hydrogen-bond donors (Lipinski definition) is 0. The van der Waals surface area contributed by atoms with Crippen LogP contribution in [0.25, 0.3) is 0 Å². The zero-order valence-electron chi connectivity index (χ0n) is 15.8. The number of ether oxygens (including phenoxy) is 1. The van der Waals surface area contributed by atoms with Gasteiger partial charge < -0.3 is 19.4 Å². The number of nitrogens with zero attached hydrogens (tertiary/aromatic N) is 3. The van der Waals surface area contributed by atoms with E-state index in [4.69, 9.17) is 4.74 Å². The molecule has 27 heavy (non-hydrogen) atoms. The molecule has 0 radical (unpaired) electrons. The smallest absolute Gasteiger partial charge is 0.316 e. The molecule has 0 aromatic heterocycles. The summed E-state index contributed by atoms with van der Waals surface area (Å²) >= 11 is 0. The Labute approximate surface area is 159 Å². The molecule has 0 spiro atoms. The molecule has 142 valence electrons. The molecule has 1 saturated heterocycles. The Hall–Kier alpha value is -3.02. The minimum atomic E-state index is -0.477. The van der Waals surface area contributed by atoms with E-state index in [9.17, 15) is 9.59 Å². The van der Waals surface area contributed by atoms with Crippen molar-refractivity contribution >= 4 is 23.2 Å². The second kappa shape index (κ2) is 8.58. The number of carbonyl (C=O) groups excluding carboxylic acids is 2. The van der Waals surface area contributed by atoms with Crippen LogP contribution in [0.4, 0.5) is 11.4 Å². The second-order valence-corrected chi connectivity index (χ2v) is 6.34. The molecule has 0 saturated carbocycles. The molecule has 1 fully saturated rings. The summed E-state index contributed by atoms with van der Waals surface area (Å²) < 4.78 is 5.42. The van der Waals surface area contributed by atoms with Gasteiger partial charge in [-0.1, -0.05) is 30.3 Å². The van der Waals surface area contributed by atoms with E-state index in [1.54, 1.807) is 12.0 Å². The first-order chi connectivity index (χ1) is 13.2. The van der Waals surface area contributed by atoms with Gasteiger partial charge in [-0.25, -0.2) is 0 Å². The largest absolute Gasteiger partial charge is 0.495 e. The molecule has 1 aliphatic heterocycles. The van der Waals surface area contributed by atoms with E-state index < -0.39 is 11.8 Å². The van der Waals surface area contributed by atoms with Crippen LogP contribution < -0.4 is 14.5 Å². The fraction of sp³-hybridized carbons (Fsp3) is 0.333. The van der Waals surface area contributed by atoms with Gasteiger partial charge in [0, 0.05) is 38.4 Å². The summed E-state index contributed by atoms with van der Waals surface area (Å²) in [5, 5.41) is 0. The van der Waals surface area contributed by atoms with Gasteiger partial charge in [-0.15, -0.1) is 0 Å². The van der Waals surface area contributed by atoms with Crippen LogP contribution in [0, 0.1) is 0 Å². The van der Waals surface area contributed by atoms with Crippen LogP contribution in [0.1, 0.15) is 6.92 Å². The van der Waals surface area contributed by atoms with Crippen molar-refractivity contribution in [2.45, 2.75) is 6.92 Å².